The molecule has 3 aromatic rings. The Morgan fingerprint density at radius 3 is 2.37 bits per heavy atom. The Hall–Kier alpha value is -4.87. The first-order chi connectivity index (χ1) is 20.2. The quantitative estimate of drug-likeness (QED) is 0.0775. The average Bonchev–Trinajstić information content (AvgIpc) is 3.40. The summed E-state index contributed by atoms with van der Waals surface area (Å²) in [5.41, 5.74) is 0.529. The van der Waals surface area contributed by atoms with Crippen molar-refractivity contribution >= 4 is 22.1 Å². The first kappa shape index (κ1) is 32.6. The molecule has 0 saturated heterocycles. The van der Waals surface area contributed by atoms with E-state index in [0.717, 1.165) is 40.4 Å². The Labute approximate surface area is 243 Å². The second kappa shape index (κ2) is 13.9. The fraction of sp³-hybridized carbons (Fsp3) is 0.320. The number of hydrazine groups is 1. The fourth-order valence-corrected chi connectivity index (χ4v) is 4.29. The minimum Gasteiger partial charge on any atom is -0.569 e. The van der Waals surface area contributed by atoms with Crippen LogP contribution < -0.4 is 4.72 Å². The van der Waals surface area contributed by atoms with Crippen molar-refractivity contribution in [3.05, 3.63) is 71.1 Å². The van der Waals surface area contributed by atoms with E-state index < -0.39 is 40.7 Å². The van der Waals surface area contributed by atoms with Crippen molar-refractivity contribution < 1.29 is 50.5 Å². The topological polar surface area (TPSA) is 167 Å². The highest BCUT2D eigenvalue weighted by molar-refractivity contribution is 7.90. The highest BCUT2D eigenvalue weighted by atomic mass is 32.2. The third-order valence-corrected chi connectivity index (χ3v) is 6.88. The number of hydrogen-bond donors (Lipinski definition) is 1. The number of ether oxygens (including phenoxy) is 2. The fourth-order valence-electron chi connectivity index (χ4n) is 3.40. The molecular weight excluding hydrogens is 601 g/mol. The van der Waals surface area contributed by atoms with E-state index in [1.807, 2.05) is 6.92 Å². The normalized spacial score (nSPS) is 12.0. The summed E-state index contributed by atoms with van der Waals surface area (Å²) in [6, 6.07) is 12.3. The molecule has 0 spiro atoms. The lowest BCUT2D eigenvalue weighted by molar-refractivity contribution is -0.706. The van der Waals surface area contributed by atoms with E-state index in [0.29, 0.717) is 5.56 Å². The number of carbonyl (C=O) groups excluding carboxylic acids is 2. The standard InChI is InChI=1S/C25H27F3N6O8S/c1-17-5-7-19(8-6-17)22-15-23(25(26,27)28)29-33(22)20-9-11-21(12-10-20)43(38,39)30-24(36)40-14-4-13-32(3)34(37)31-42-16-41-18(2)35/h5-12,15H,4,13-14,16H2,1-3H3,(H,30,36)/b34-31-. The van der Waals surface area contributed by atoms with Crippen LogP contribution in [0.15, 0.2) is 64.8 Å². The summed E-state index contributed by atoms with van der Waals surface area (Å²) in [4.78, 5) is 26.9. The van der Waals surface area contributed by atoms with Gasteiger partial charge in [0.1, 0.15) is 0 Å². The van der Waals surface area contributed by atoms with Gasteiger partial charge in [0.2, 0.25) is 5.28 Å². The second-order valence-corrected chi connectivity index (χ2v) is 10.6. The highest BCUT2D eigenvalue weighted by Crippen LogP contribution is 2.33. The number of nitrogens with one attached hydrogen (secondary N) is 1. The van der Waals surface area contributed by atoms with Crippen molar-refractivity contribution in [3.8, 4) is 16.9 Å². The second-order valence-electron chi connectivity index (χ2n) is 8.88. The number of aromatic nitrogens is 2. The van der Waals surface area contributed by atoms with E-state index in [1.165, 1.54) is 19.2 Å². The number of alkyl halides is 3. The Kier molecular flexibility index (Phi) is 10.5. The van der Waals surface area contributed by atoms with Gasteiger partial charge in [-0.05, 0) is 37.3 Å². The molecule has 0 radical (unpaired) electrons. The van der Waals surface area contributed by atoms with Gasteiger partial charge in [0, 0.05) is 18.9 Å². The monoisotopic (exact) mass is 628 g/mol. The lowest BCUT2D eigenvalue weighted by atomic mass is 10.1. The van der Waals surface area contributed by atoms with Gasteiger partial charge in [-0.2, -0.15) is 18.3 Å². The SMILES string of the molecule is CC(=O)OCO/N=[N+](\[O-])N(C)CCCOC(=O)NS(=O)(=O)c1ccc(-n2nc(C(F)(F)F)cc2-c2ccc(C)cc2)cc1. The lowest BCUT2D eigenvalue weighted by Crippen LogP contribution is -2.32. The van der Waals surface area contributed by atoms with E-state index in [2.05, 4.69) is 20.0 Å². The lowest BCUT2D eigenvalue weighted by Gasteiger charge is -2.13. The molecular formula is C25H27F3N6O8S. The van der Waals surface area contributed by atoms with Crippen LogP contribution in [0.5, 0.6) is 0 Å². The summed E-state index contributed by atoms with van der Waals surface area (Å²) in [5, 5.41) is 19.5. The molecule has 2 aromatic carbocycles. The summed E-state index contributed by atoms with van der Waals surface area (Å²) in [6.45, 7) is 2.18. The third kappa shape index (κ3) is 9.32. The molecule has 1 heterocycles. The van der Waals surface area contributed by atoms with E-state index >= 15 is 0 Å². The van der Waals surface area contributed by atoms with Gasteiger partial charge in [0.05, 0.1) is 41.4 Å². The number of amides is 1. The zero-order chi connectivity index (χ0) is 31.8. The summed E-state index contributed by atoms with van der Waals surface area (Å²) >= 11 is 0. The Morgan fingerprint density at radius 2 is 1.77 bits per heavy atom. The molecule has 0 atom stereocenters. The summed E-state index contributed by atoms with van der Waals surface area (Å²) in [7, 11) is -3.06. The number of benzene rings is 2. The number of rotatable bonds is 12. The van der Waals surface area contributed by atoms with Crippen LogP contribution in [0.4, 0.5) is 18.0 Å². The molecule has 0 aliphatic rings. The van der Waals surface area contributed by atoms with E-state index in [-0.39, 0.29) is 40.8 Å². The minimum absolute atomic E-state index is 0.0273. The molecule has 232 valence electrons. The maximum atomic E-state index is 13.4. The van der Waals surface area contributed by atoms with Crippen molar-refractivity contribution in [1.29, 1.82) is 0 Å². The van der Waals surface area contributed by atoms with Gasteiger partial charge in [-0.1, -0.05) is 29.8 Å². The Morgan fingerprint density at radius 1 is 1.12 bits per heavy atom. The first-order valence-corrected chi connectivity index (χ1v) is 13.8. The van der Waals surface area contributed by atoms with Crippen molar-refractivity contribution in [3.63, 3.8) is 0 Å². The van der Waals surface area contributed by atoms with Crippen molar-refractivity contribution in [2.75, 3.05) is 27.0 Å². The molecule has 0 aliphatic heterocycles. The van der Waals surface area contributed by atoms with E-state index in [9.17, 15) is 36.4 Å². The van der Waals surface area contributed by atoms with Crippen LogP contribution in [0, 0.1) is 12.1 Å². The van der Waals surface area contributed by atoms with Crippen LogP contribution in [0.25, 0.3) is 16.9 Å². The van der Waals surface area contributed by atoms with Gasteiger partial charge in [-0.15, -0.1) is 5.01 Å². The molecule has 1 amide bonds. The molecule has 0 fully saturated rings. The van der Waals surface area contributed by atoms with E-state index in [4.69, 9.17) is 4.74 Å². The molecule has 14 nitrogen and oxygen atoms in total. The maximum absolute atomic E-state index is 13.4. The van der Waals surface area contributed by atoms with E-state index in [1.54, 1.807) is 29.0 Å². The first-order valence-electron chi connectivity index (χ1n) is 12.4. The smallest absolute Gasteiger partial charge is 0.435 e. The highest BCUT2D eigenvalue weighted by Gasteiger charge is 2.35. The number of aryl methyl sites for hydroxylation is 1. The maximum Gasteiger partial charge on any atom is 0.435 e. The van der Waals surface area contributed by atoms with Crippen LogP contribution in [0.2, 0.25) is 0 Å². The van der Waals surface area contributed by atoms with Crippen LogP contribution in [-0.2, 0) is 35.3 Å². The van der Waals surface area contributed by atoms with Crippen molar-refractivity contribution in [2.24, 2.45) is 5.28 Å². The molecule has 3 rings (SSSR count). The number of esters is 1. The molecule has 18 heteroatoms. The van der Waals surface area contributed by atoms with Gasteiger partial charge in [-0.25, -0.2) is 22.6 Å². The number of hydrogen-bond acceptors (Lipinski definition) is 10. The number of carbonyl (C=O) groups is 2. The predicted octanol–water partition coefficient (Wildman–Crippen LogP) is 3.93. The third-order valence-electron chi connectivity index (χ3n) is 5.55. The van der Waals surface area contributed by atoms with Gasteiger partial charge < -0.3 is 19.5 Å². The molecule has 1 aromatic heterocycles. The van der Waals surface area contributed by atoms with Gasteiger partial charge in [-0.3, -0.25) is 4.79 Å². The molecule has 0 aliphatic carbocycles. The summed E-state index contributed by atoms with van der Waals surface area (Å²) in [6.07, 6.45) is -5.90. The minimum atomic E-state index is -4.71. The largest absolute Gasteiger partial charge is 0.569 e. The van der Waals surface area contributed by atoms with Crippen molar-refractivity contribution in [2.45, 2.75) is 31.3 Å². The molecule has 0 bridgehead atoms. The van der Waals surface area contributed by atoms with Crippen LogP contribution >= 0.6 is 0 Å². The Bertz CT molecular complexity index is 1560. The predicted molar refractivity (Wildman–Crippen MR) is 141 cm³/mol. The van der Waals surface area contributed by atoms with Gasteiger partial charge >= 0.3 is 18.2 Å². The number of halogens is 3. The van der Waals surface area contributed by atoms with Crippen LogP contribution in [0.1, 0.15) is 24.6 Å². The Balaban J connectivity index is 1.61. The van der Waals surface area contributed by atoms with Crippen LogP contribution in [-0.4, -0.2) is 67.2 Å². The average molecular weight is 629 g/mol. The zero-order valence-corrected chi connectivity index (χ0v) is 23.9. The molecule has 43 heavy (non-hydrogen) atoms. The molecule has 0 saturated carbocycles. The van der Waals surface area contributed by atoms with Crippen molar-refractivity contribution in [1.82, 2.24) is 19.5 Å². The number of sulfonamides is 1. The van der Waals surface area contributed by atoms with Gasteiger partial charge in [0.25, 0.3) is 16.8 Å². The molecule has 0 unspecified atom stereocenters. The summed E-state index contributed by atoms with van der Waals surface area (Å²) in [5.74, 6) is -0.625. The number of nitrogens with zero attached hydrogens (tertiary/aromatic N) is 5. The zero-order valence-electron chi connectivity index (χ0n) is 23.1. The van der Waals surface area contributed by atoms with Gasteiger partial charge in [0.15, 0.2) is 5.69 Å². The van der Waals surface area contributed by atoms with Crippen LogP contribution in [0.3, 0.4) is 0 Å². The summed E-state index contributed by atoms with van der Waals surface area (Å²) < 4.78 is 77.7. The molecule has 1 N–H and O–H groups in total.